The molecule has 1 aromatic rings. The van der Waals surface area contributed by atoms with E-state index >= 15 is 0 Å². The molecule has 0 aromatic carbocycles. The van der Waals surface area contributed by atoms with Crippen molar-refractivity contribution in [1.82, 2.24) is 4.98 Å². The molecule has 144 valence electrons. The second kappa shape index (κ2) is 8.65. The van der Waals surface area contributed by atoms with E-state index in [1.54, 1.807) is 18.3 Å². The molecule has 1 amide bonds. The summed E-state index contributed by atoms with van der Waals surface area (Å²) in [5, 5.41) is 8.91. The molecule has 26 heavy (non-hydrogen) atoms. The van der Waals surface area contributed by atoms with Gasteiger partial charge < -0.3 is 5.32 Å². The number of amides is 1. The molecule has 2 fully saturated rings. The van der Waals surface area contributed by atoms with Crippen LogP contribution in [-0.4, -0.2) is 16.8 Å². The van der Waals surface area contributed by atoms with Gasteiger partial charge in [-0.25, -0.2) is 13.8 Å². The molecule has 7 heteroatoms. The molecule has 0 radical (unpaired) electrons. The largest absolute Gasteiger partial charge is 0.326 e. The third-order valence-electron chi connectivity index (χ3n) is 5.84. The zero-order valence-corrected chi connectivity index (χ0v) is 15.7. The fraction of sp³-hybridized carbons (Fsp3) is 0.684. The van der Waals surface area contributed by atoms with Gasteiger partial charge in [0, 0.05) is 30.6 Å². The van der Waals surface area contributed by atoms with Crippen LogP contribution in [0.1, 0.15) is 57.8 Å². The number of hydrogen-bond acceptors (Lipinski definition) is 4. The smallest absolute Gasteiger partial charge is 0.248 e. The molecule has 3 N–H and O–H groups in total. The highest BCUT2D eigenvalue weighted by atomic mass is 32.2. The van der Waals surface area contributed by atoms with E-state index in [4.69, 9.17) is 5.14 Å². The summed E-state index contributed by atoms with van der Waals surface area (Å²) in [6, 6.07) is 3.34. The summed E-state index contributed by atoms with van der Waals surface area (Å²) in [6.07, 6.45) is 8.40. The first-order valence-corrected chi connectivity index (χ1v) is 10.4. The van der Waals surface area contributed by atoms with Crippen molar-refractivity contribution in [3.05, 3.63) is 18.3 Å². The topological polar surface area (TPSA) is 68.0 Å². The summed E-state index contributed by atoms with van der Waals surface area (Å²) in [5.41, 5.74) is 0.562. The number of rotatable bonds is 4. The van der Waals surface area contributed by atoms with E-state index in [-0.39, 0.29) is 24.7 Å². The maximum atomic E-state index is 14.1. The number of hydrogen-bond donors (Lipinski definition) is 2. The molecule has 2 aliphatic rings. The van der Waals surface area contributed by atoms with Gasteiger partial charge in [0.2, 0.25) is 11.8 Å². The molecule has 2 atom stereocenters. The van der Waals surface area contributed by atoms with Gasteiger partial charge in [-0.2, -0.15) is 0 Å². The summed E-state index contributed by atoms with van der Waals surface area (Å²) in [7, 11) is 0. The molecule has 0 bridgehead atoms. The molecule has 2 saturated carbocycles. The summed E-state index contributed by atoms with van der Waals surface area (Å²) in [4.78, 5) is 17.0. The Bertz CT molecular complexity index is 621. The number of carbonyl (C=O) groups excluding carboxylic acids is 1. The minimum Gasteiger partial charge on any atom is -0.326 e. The number of aromatic nitrogens is 1. The van der Waals surface area contributed by atoms with Crippen molar-refractivity contribution >= 4 is 23.5 Å². The zero-order valence-electron chi connectivity index (χ0n) is 14.9. The number of carbonyl (C=O) groups is 1. The van der Waals surface area contributed by atoms with Crippen molar-refractivity contribution in [2.75, 3.05) is 5.32 Å². The molecular formula is C19H27F2N3OS. The zero-order chi connectivity index (χ0) is 18.6. The van der Waals surface area contributed by atoms with Gasteiger partial charge in [0.15, 0.2) is 0 Å². The molecule has 2 aliphatic carbocycles. The number of alkyl halides is 2. The molecule has 1 heterocycles. The Morgan fingerprint density at radius 3 is 2.65 bits per heavy atom. The van der Waals surface area contributed by atoms with Crippen LogP contribution in [0.2, 0.25) is 0 Å². The maximum absolute atomic E-state index is 14.1. The molecule has 0 spiro atoms. The summed E-state index contributed by atoms with van der Waals surface area (Å²) < 4.78 is 28.2. The van der Waals surface area contributed by atoms with Gasteiger partial charge in [-0.1, -0.05) is 38.5 Å². The SMILES string of the molecule is NSc1cc(NC(=O)[C@@H]2CC(F)(F)CCC2C2CCCCCC2)ccn1. The van der Waals surface area contributed by atoms with Crippen LogP contribution in [0.15, 0.2) is 23.4 Å². The predicted molar refractivity (Wildman–Crippen MR) is 99.9 cm³/mol. The maximum Gasteiger partial charge on any atom is 0.248 e. The number of nitrogens with two attached hydrogens (primary N) is 1. The van der Waals surface area contributed by atoms with E-state index in [1.807, 2.05) is 0 Å². The van der Waals surface area contributed by atoms with Crippen LogP contribution in [0.3, 0.4) is 0 Å². The average molecular weight is 384 g/mol. The van der Waals surface area contributed by atoms with Gasteiger partial charge in [0.05, 0.1) is 0 Å². The second-order valence-corrected chi connectivity index (χ2v) is 8.26. The first kappa shape index (κ1) is 19.5. The lowest BCUT2D eigenvalue weighted by Gasteiger charge is -2.39. The van der Waals surface area contributed by atoms with Crippen molar-refractivity contribution in [1.29, 1.82) is 0 Å². The van der Waals surface area contributed by atoms with Gasteiger partial charge in [0.1, 0.15) is 5.03 Å². The minimum absolute atomic E-state index is 0.0536. The van der Waals surface area contributed by atoms with Gasteiger partial charge in [-0.05, 0) is 42.3 Å². The van der Waals surface area contributed by atoms with Crippen LogP contribution in [0.4, 0.5) is 14.5 Å². The normalized spacial score (nSPS) is 26.9. The van der Waals surface area contributed by atoms with Crippen LogP contribution in [0.25, 0.3) is 0 Å². The highest BCUT2D eigenvalue weighted by Crippen LogP contribution is 2.46. The Balaban J connectivity index is 1.75. The van der Waals surface area contributed by atoms with E-state index in [0.29, 0.717) is 23.1 Å². The van der Waals surface area contributed by atoms with Crippen LogP contribution < -0.4 is 10.5 Å². The summed E-state index contributed by atoms with van der Waals surface area (Å²) >= 11 is 0.989. The van der Waals surface area contributed by atoms with Gasteiger partial charge in [-0.3, -0.25) is 9.93 Å². The van der Waals surface area contributed by atoms with E-state index < -0.39 is 11.8 Å². The lowest BCUT2D eigenvalue weighted by molar-refractivity contribution is -0.134. The van der Waals surface area contributed by atoms with Gasteiger partial charge >= 0.3 is 0 Å². The van der Waals surface area contributed by atoms with Crippen molar-refractivity contribution < 1.29 is 13.6 Å². The fourth-order valence-electron chi connectivity index (χ4n) is 4.53. The summed E-state index contributed by atoms with van der Waals surface area (Å²) in [5.74, 6) is -3.24. The average Bonchev–Trinajstić information content (AvgIpc) is 2.90. The lowest BCUT2D eigenvalue weighted by atomic mass is 9.68. The monoisotopic (exact) mass is 383 g/mol. The number of nitrogens with one attached hydrogen (secondary N) is 1. The molecule has 0 aliphatic heterocycles. The van der Waals surface area contributed by atoms with Gasteiger partial charge in [-0.15, -0.1) is 0 Å². The molecule has 1 unspecified atom stereocenters. The van der Waals surface area contributed by atoms with Crippen molar-refractivity contribution in [2.24, 2.45) is 22.9 Å². The number of pyridine rings is 1. The van der Waals surface area contributed by atoms with Crippen molar-refractivity contribution in [3.63, 3.8) is 0 Å². The quantitative estimate of drug-likeness (QED) is 0.567. The highest BCUT2D eigenvalue weighted by Gasteiger charge is 2.46. The Morgan fingerprint density at radius 1 is 1.23 bits per heavy atom. The number of halogens is 2. The van der Waals surface area contributed by atoms with Crippen molar-refractivity contribution in [3.8, 4) is 0 Å². The van der Waals surface area contributed by atoms with E-state index in [1.165, 1.54) is 12.8 Å². The third kappa shape index (κ3) is 4.94. The van der Waals surface area contributed by atoms with Crippen LogP contribution in [0.5, 0.6) is 0 Å². The predicted octanol–water partition coefficient (Wildman–Crippen LogP) is 5.01. The Labute approximate surface area is 157 Å². The lowest BCUT2D eigenvalue weighted by Crippen LogP contribution is -2.42. The fourth-order valence-corrected chi connectivity index (χ4v) is 4.85. The molecule has 1 aromatic heterocycles. The van der Waals surface area contributed by atoms with Crippen LogP contribution >= 0.6 is 11.9 Å². The molecular weight excluding hydrogens is 356 g/mol. The Hall–Kier alpha value is -1.21. The first-order chi connectivity index (χ1) is 12.5. The standard InChI is InChI=1S/C19H27F2N3OS/c20-19(21)9-7-15(13-5-3-1-2-4-6-13)16(12-19)18(25)24-14-8-10-23-17(11-14)26-22/h8,10-11,13,15-16H,1-7,9,12,22H2,(H,23,24,25)/t15?,16-/m1/s1. The number of nitrogens with zero attached hydrogens (tertiary/aromatic N) is 1. The van der Waals surface area contributed by atoms with E-state index in [9.17, 15) is 13.6 Å². The molecule has 3 rings (SSSR count). The van der Waals surface area contributed by atoms with Crippen LogP contribution in [-0.2, 0) is 4.79 Å². The van der Waals surface area contributed by atoms with Crippen molar-refractivity contribution in [2.45, 2.75) is 68.7 Å². The molecule has 0 saturated heterocycles. The highest BCUT2D eigenvalue weighted by molar-refractivity contribution is 7.97. The molecule has 4 nitrogen and oxygen atoms in total. The second-order valence-electron chi connectivity index (χ2n) is 7.61. The Kier molecular flexibility index (Phi) is 6.51. The number of anilines is 1. The first-order valence-electron chi connectivity index (χ1n) is 9.50. The van der Waals surface area contributed by atoms with E-state index in [0.717, 1.165) is 37.6 Å². The summed E-state index contributed by atoms with van der Waals surface area (Å²) in [6.45, 7) is 0. The van der Waals surface area contributed by atoms with Crippen LogP contribution in [0, 0.1) is 17.8 Å². The van der Waals surface area contributed by atoms with E-state index in [2.05, 4.69) is 10.3 Å². The minimum atomic E-state index is -2.75. The Morgan fingerprint density at radius 2 is 1.96 bits per heavy atom. The third-order valence-corrected chi connectivity index (χ3v) is 6.31. The van der Waals surface area contributed by atoms with Gasteiger partial charge in [0.25, 0.3) is 0 Å².